The van der Waals surface area contributed by atoms with Gasteiger partial charge in [0.2, 0.25) is 29.5 Å². The van der Waals surface area contributed by atoms with Crippen LogP contribution in [0.15, 0.2) is 85.1 Å². The lowest BCUT2D eigenvalue weighted by molar-refractivity contribution is -0.134. The smallest absolute Gasteiger partial charge is 0.245 e. The van der Waals surface area contributed by atoms with Crippen LogP contribution in [0.1, 0.15) is 30.9 Å². The Balaban J connectivity index is 1.22. The second-order valence-corrected chi connectivity index (χ2v) is 12.5. The first kappa shape index (κ1) is 33.2. The second-order valence-electron chi connectivity index (χ2n) is 12.5. The predicted molar refractivity (Wildman–Crippen MR) is 180 cm³/mol. The van der Waals surface area contributed by atoms with Gasteiger partial charge in [-0.25, -0.2) is 0 Å². The van der Waals surface area contributed by atoms with Gasteiger partial charge in [-0.2, -0.15) is 5.10 Å². The second kappa shape index (κ2) is 14.6. The molecular formula is C36H39N7O6. The van der Waals surface area contributed by atoms with Gasteiger partial charge in [-0.05, 0) is 49.1 Å². The number of hydrogen-bond acceptors (Lipinski definition) is 7. The van der Waals surface area contributed by atoms with Crippen LogP contribution in [0.4, 0.5) is 0 Å². The van der Waals surface area contributed by atoms with Crippen molar-refractivity contribution in [1.82, 2.24) is 36.4 Å². The van der Waals surface area contributed by atoms with Crippen molar-refractivity contribution in [3.63, 3.8) is 0 Å². The van der Waals surface area contributed by atoms with E-state index in [0.717, 1.165) is 22.0 Å². The minimum atomic E-state index is -1.06. The Morgan fingerprint density at radius 1 is 0.918 bits per heavy atom. The third-order valence-corrected chi connectivity index (χ3v) is 8.73. The monoisotopic (exact) mass is 665 g/mol. The van der Waals surface area contributed by atoms with E-state index >= 15 is 0 Å². The van der Waals surface area contributed by atoms with Gasteiger partial charge in [0.25, 0.3) is 0 Å². The molecule has 13 heteroatoms. The molecular weight excluding hydrogens is 626 g/mol. The Morgan fingerprint density at radius 3 is 2.41 bits per heavy atom. The minimum Gasteiger partial charge on any atom is -0.492 e. The number of ether oxygens (including phenoxy) is 1. The summed E-state index contributed by atoms with van der Waals surface area (Å²) < 4.78 is 7.36. The molecule has 2 bridgehead atoms. The summed E-state index contributed by atoms with van der Waals surface area (Å²) in [5.74, 6) is -1.86. The molecule has 1 aromatic heterocycles. The van der Waals surface area contributed by atoms with Gasteiger partial charge >= 0.3 is 0 Å². The summed E-state index contributed by atoms with van der Waals surface area (Å²) in [6.45, 7) is 1.81. The lowest BCUT2D eigenvalue weighted by Gasteiger charge is -2.25. The molecule has 3 aromatic carbocycles. The number of nitrogens with one attached hydrogen (secondary N) is 5. The van der Waals surface area contributed by atoms with Crippen LogP contribution < -0.4 is 31.3 Å². The van der Waals surface area contributed by atoms with E-state index in [1.807, 2.05) is 54.6 Å². The van der Waals surface area contributed by atoms with E-state index in [1.54, 1.807) is 35.1 Å². The number of hydrogen-bond donors (Lipinski definition) is 5. The van der Waals surface area contributed by atoms with Crippen molar-refractivity contribution in [1.29, 1.82) is 0 Å². The van der Waals surface area contributed by atoms with E-state index in [1.165, 1.54) is 6.92 Å². The number of rotatable bonds is 5. The van der Waals surface area contributed by atoms with E-state index in [9.17, 15) is 24.0 Å². The zero-order valence-corrected chi connectivity index (χ0v) is 27.1. The highest BCUT2D eigenvalue weighted by Crippen LogP contribution is 2.35. The summed E-state index contributed by atoms with van der Waals surface area (Å²) in [5, 5.41) is 19.2. The Labute approximate surface area is 283 Å². The largest absolute Gasteiger partial charge is 0.492 e. The zero-order chi connectivity index (χ0) is 34.4. The van der Waals surface area contributed by atoms with Gasteiger partial charge in [-0.15, -0.1) is 0 Å². The van der Waals surface area contributed by atoms with Gasteiger partial charge in [0.1, 0.15) is 42.6 Å². The Kier molecular flexibility index (Phi) is 9.88. The standard InChI is InChI=1S/C36H39N7O6/c1-23-32(45)41-29(19-24-7-3-2-4-8-24)34(47)42-36(15-16-36)35(48)37-17-18-49-27-13-11-25(12-14-27)20-28(33(46)39-23)40-31(44)22-43-30-10-6-5-9-26(30)21-38-43/h2-14,21,23,28-29H,15-20,22H2,1H3,(H,37,48)(H,39,46)(H,40,44)(H,41,45)(H,42,47)/t23-,28-,29+/m0/s1. The van der Waals surface area contributed by atoms with E-state index in [-0.39, 0.29) is 38.4 Å². The van der Waals surface area contributed by atoms with Gasteiger partial charge in [-0.1, -0.05) is 60.7 Å². The molecule has 7 rings (SSSR count). The summed E-state index contributed by atoms with van der Waals surface area (Å²) in [7, 11) is 0. The molecule has 1 fully saturated rings. The van der Waals surface area contributed by atoms with E-state index < -0.39 is 47.3 Å². The maximum Gasteiger partial charge on any atom is 0.245 e. The van der Waals surface area contributed by atoms with Crippen LogP contribution in [0.2, 0.25) is 0 Å². The SMILES string of the molecule is C[C@@H]1NC(=O)[C@@H](NC(=O)Cn2ncc3ccccc32)Cc2ccc(cc2)OCCNC(=O)C2(CC2)NC(=O)[C@@H](Cc2ccccc2)NC1=O. The molecule has 1 spiro atoms. The highest BCUT2D eigenvalue weighted by Gasteiger charge is 2.51. The maximum absolute atomic E-state index is 13.7. The highest BCUT2D eigenvalue weighted by molar-refractivity contribution is 5.98. The van der Waals surface area contributed by atoms with Crippen molar-refractivity contribution in [3.8, 4) is 5.75 Å². The molecule has 4 aromatic rings. The zero-order valence-electron chi connectivity index (χ0n) is 27.1. The number of benzene rings is 3. The molecule has 13 nitrogen and oxygen atoms in total. The van der Waals surface area contributed by atoms with Crippen molar-refractivity contribution in [2.24, 2.45) is 0 Å². The molecule has 3 atom stereocenters. The van der Waals surface area contributed by atoms with Crippen molar-refractivity contribution < 1.29 is 28.7 Å². The quantitative estimate of drug-likeness (QED) is 0.199. The van der Waals surface area contributed by atoms with Crippen LogP contribution in [-0.2, 0) is 43.4 Å². The van der Waals surface area contributed by atoms with Gasteiger partial charge in [0.05, 0.1) is 18.3 Å². The van der Waals surface area contributed by atoms with Gasteiger partial charge in [0.15, 0.2) is 0 Å². The fourth-order valence-corrected chi connectivity index (χ4v) is 5.79. The summed E-state index contributed by atoms with van der Waals surface area (Å²) >= 11 is 0. The molecule has 1 aliphatic carbocycles. The van der Waals surface area contributed by atoms with Gasteiger partial charge in [0, 0.05) is 18.2 Å². The third kappa shape index (κ3) is 8.23. The van der Waals surface area contributed by atoms with E-state index in [0.29, 0.717) is 18.6 Å². The summed E-state index contributed by atoms with van der Waals surface area (Å²) in [4.78, 5) is 67.1. The van der Waals surface area contributed by atoms with Crippen molar-refractivity contribution >= 4 is 40.4 Å². The fourth-order valence-electron chi connectivity index (χ4n) is 5.79. The number of amides is 5. The molecule has 254 valence electrons. The number of carbonyl (C=O) groups is 5. The first-order valence-electron chi connectivity index (χ1n) is 16.4. The van der Waals surface area contributed by atoms with Crippen LogP contribution in [0.25, 0.3) is 10.9 Å². The summed E-state index contributed by atoms with van der Waals surface area (Å²) in [5.41, 5.74) is 1.26. The first-order chi connectivity index (χ1) is 23.7. The number of aromatic nitrogens is 2. The predicted octanol–water partition coefficient (Wildman–Crippen LogP) is 1.15. The van der Waals surface area contributed by atoms with Crippen LogP contribution >= 0.6 is 0 Å². The van der Waals surface area contributed by atoms with Crippen LogP contribution in [0.5, 0.6) is 5.75 Å². The molecule has 49 heavy (non-hydrogen) atoms. The molecule has 0 saturated heterocycles. The molecule has 1 saturated carbocycles. The average Bonchev–Trinajstić information content (AvgIpc) is 3.78. The normalized spacial score (nSPS) is 21.5. The number of nitrogens with zero attached hydrogens (tertiary/aromatic N) is 2. The molecule has 5 N–H and O–H groups in total. The van der Waals surface area contributed by atoms with Gasteiger partial charge in [-0.3, -0.25) is 28.7 Å². The third-order valence-electron chi connectivity index (χ3n) is 8.73. The van der Waals surface area contributed by atoms with Crippen molar-refractivity contribution in [3.05, 3.63) is 96.2 Å². The van der Waals surface area contributed by atoms with E-state index in [4.69, 9.17) is 4.74 Å². The molecule has 3 heterocycles. The fraction of sp³-hybridized carbons (Fsp3) is 0.333. The molecule has 0 radical (unpaired) electrons. The Hall–Kier alpha value is -5.72. The first-order valence-corrected chi connectivity index (χ1v) is 16.4. The lowest BCUT2D eigenvalue weighted by atomic mass is 10.0. The molecule has 2 aliphatic heterocycles. The maximum atomic E-state index is 13.7. The highest BCUT2D eigenvalue weighted by atomic mass is 16.5. The van der Waals surface area contributed by atoms with Crippen LogP contribution in [0.3, 0.4) is 0 Å². The van der Waals surface area contributed by atoms with Gasteiger partial charge < -0.3 is 31.3 Å². The van der Waals surface area contributed by atoms with Crippen LogP contribution in [-0.4, -0.2) is 76.1 Å². The van der Waals surface area contributed by atoms with Crippen molar-refractivity contribution in [2.45, 2.75) is 62.8 Å². The number of fused-ring (bicyclic) bond motifs is 16. The topological polar surface area (TPSA) is 173 Å². The average molecular weight is 666 g/mol. The van der Waals surface area contributed by atoms with Crippen LogP contribution in [0, 0.1) is 0 Å². The lowest BCUT2D eigenvalue weighted by Crippen LogP contribution is -2.59. The number of para-hydroxylation sites is 1. The minimum absolute atomic E-state index is 0.117. The summed E-state index contributed by atoms with van der Waals surface area (Å²) in [6.07, 6.45) is 2.90. The molecule has 5 amide bonds. The Bertz CT molecular complexity index is 1840. The molecule has 0 unspecified atom stereocenters. The molecule has 3 aliphatic rings. The Morgan fingerprint density at radius 2 is 1.65 bits per heavy atom. The summed E-state index contributed by atoms with van der Waals surface area (Å²) in [6, 6.07) is 20.6. The van der Waals surface area contributed by atoms with Crippen molar-refractivity contribution in [2.75, 3.05) is 13.2 Å². The number of carbonyl (C=O) groups excluding carboxylic acids is 5. The van der Waals surface area contributed by atoms with E-state index in [2.05, 4.69) is 31.7 Å².